The van der Waals surface area contributed by atoms with Gasteiger partial charge in [0, 0.05) is 47.8 Å². The maximum atomic E-state index is 13.4. The number of benzene rings is 2. The highest BCUT2D eigenvalue weighted by Crippen LogP contribution is 2.51. The first-order valence-electron chi connectivity index (χ1n) is 13.1. The quantitative estimate of drug-likeness (QED) is 0.360. The first-order chi connectivity index (χ1) is 17.9. The van der Waals surface area contributed by atoms with Crippen molar-refractivity contribution in [3.05, 3.63) is 80.4 Å². The Morgan fingerprint density at radius 1 is 0.919 bits per heavy atom. The second kappa shape index (κ2) is 10.8. The highest BCUT2D eigenvalue weighted by atomic mass is 79.9. The van der Waals surface area contributed by atoms with Crippen molar-refractivity contribution in [2.45, 2.75) is 64.9 Å². The van der Waals surface area contributed by atoms with Crippen LogP contribution >= 0.6 is 15.9 Å². The number of Topliss-reactive ketones (excluding diaryl/α,β-unsaturated/α-hetero) is 2. The molecule has 0 spiro atoms. The monoisotopic (exact) mass is 567 g/mol. The molecule has 0 N–H and O–H groups in total. The molecule has 2 aromatic rings. The van der Waals surface area contributed by atoms with Crippen molar-refractivity contribution in [3.63, 3.8) is 0 Å². The summed E-state index contributed by atoms with van der Waals surface area (Å²) in [4.78, 5) is 29.0. The number of ketones is 2. The Kier molecular flexibility index (Phi) is 7.52. The van der Waals surface area contributed by atoms with Gasteiger partial charge < -0.3 is 14.4 Å². The van der Waals surface area contributed by atoms with Gasteiger partial charge in [-0.1, -0.05) is 12.1 Å². The van der Waals surface area contributed by atoms with E-state index in [9.17, 15) is 14.0 Å². The molecule has 0 unspecified atom stereocenters. The van der Waals surface area contributed by atoms with E-state index in [0.717, 1.165) is 65.9 Å². The molecule has 2 aromatic carbocycles. The molecule has 37 heavy (non-hydrogen) atoms. The second-order valence-corrected chi connectivity index (χ2v) is 10.5. The number of nitrogens with zero attached hydrogens (tertiary/aromatic N) is 1. The van der Waals surface area contributed by atoms with E-state index in [0.29, 0.717) is 35.4 Å². The van der Waals surface area contributed by atoms with Crippen LogP contribution in [0.1, 0.15) is 69.4 Å². The molecule has 0 radical (unpaired) electrons. The molecule has 194 valence electrons. The number of carbonyl (C=O) groups is 2. The smallest absolute Gasteiger partial charge is 0.175 e. The van der Waals surface area contributed by atoms with Gasteiger partial charge in [0.05, 0.1) is 11.1 Å². The lowest BCUT2D eigenvalue weighted by atomic mass is 9.71. The van der Waals surface area contributed by atoms with E-state index in [2.05, 4.69) is 27.8 Å². The predicted octanol–water partition coefficient (Wildman–Crippen LogP) is 7.00. The molecule has 1 aliphatic heterocycles. The lowest BCUT2D eigenvalue weighted by molar-refractivity contribution is -0.117. The molecule has 0 fully saturated rings. The van der Waals surface area contributed by atoms with Gasteiger partial charge in [-0.15, -0.1) is 0 Å². The van der Waals surface area contributed by atoms with Crippen LogP contribution in [0.25, 0.3) is 0 Å². The summed E-state index contributed by atoms with van der Waals surface area (Å²) in [7, 11) is 0. The van der Waals surface area contributed by atoms with Crippen LogP contribution in [0.15, 0.2) is 63.4 Å². The van der Waals surface area contributed by atoms with Crippen molar-refractivity contribution in [1.82, 2.24) is 4.90 Å². The van der Waals surface area contributed by atoms with Crippen LogP contribution in [0.5, 0.6) is 11.5 Å². The van der Waals surface area contributed by atoms with Crippen LogP contribution in [0, 0.1) is 5.82 Å². The summed E-state index contributed by atoms with van der Waals surface area (Å²) in [5.41, 5.74) is 5.35. The van der Waals surface area contributed by atoms with E-state index in [1.165, 1.54) is 12.1 Å². The molecule has 0 aromatic heterocycles. The number of rotatable bonds is 7. The minimum Gasteiger partial charge on any atom is -0.490 e. The molecule has 0 saturated carbocycles. The molecule has 5 nitrogen and oxygen atoms in total. The van der Waals surface area contributed by atoms with E-state index >= 15 is 0 Å². The molecule has 0 saturated heterocycles. The summed E-state index contributed by atoms with van der Waals surface area (Å²) in [6, 6.07) is 10.0. The fourth-order valence-corrected chi connectivity index (χ4v) is 6.40. The highest BCUT2D eigenvalue weighted by molar-refractivity contribution is 9.10. The normalized spacial score (nSPS) is 18.2. The Bertz CT molecular complexity index is 1250. The van der Waals surface area contributed by atoms with Crippen molar-refractivity contribution < 1.29 is 23.5 Å². The zero-order valence-electron chi connectivity index (χ0n) is 21.2. The summed E-state index contributed by atoms with van der Waals surface area (Å²) in [5.74, 6) is 0.628. The van der Waals surface area contributed by atoms with Gasteiger partial charge in [0.2, 0.25) is 0 Å². The van der Waals surface area contributed by atoms with Gasteiger partial charge in [0.15, 0.2) is 23.1 Å². The Hall–Kier alpha value is -2.93. The molecular weight excluding hydrogens is 537 g/mol. The Balaban J connectivity index is 1.60. The van der Waals surface area contributed by atoms with Gasteiger partial charge in [0.1, 0.15) is 12.4 Å². The number of hydrogen-bond acceptors (Lipinski definition) is 5. The van der Waals surface area contributed by atoms with E-state index in [-0.39, 0.29) is 24.0 Å². The number of allylic oxidation sites excluding steroid dienone is 4. The van der Waals surface area contributed by atoms with E-state index in [1.807, 2.05) is 19.1 Å². The van der Waals surface area contributed by atoms with Crippen LogP contribution in [0.2, 0.25) is 0 Å². The van der Waals surface area contributed by atoms with Crippen LogP contribution in [0.4, 0.5) is 4.39 Å². The van der Waals surface area contributed by atoms with Gasteiger partial charge in [-0.2, -0.15) is 0 Å². The van der Waals surface area contributed by atoms with Crippen molar-refractivity contribution >= 4 is 27.5 Å². The van der Waals surface area contributed by atoms with E-state index in [4.69, 9.17) is 9.47 Å². The number of hydrogen-bond donors (Lipinski definition) is 0. The zero-order valence-corrected chi connectivity index (χ0v) is 22.8. The fourth-order valence-electron chi connectivity index (χ4n) is 5.83. The van der Waals surface area contributed by atoms with E-state index < -0.39 is 5.92 Å². The lowest BCUT2D eigenvalue weighted by Crippen LogP contribution is -2.39. The minimum atomic E-state index is -0.407. The Labute approximate surface area is 225 Å². The van der Waals surface area contributed by atoms with Crippen molar-refractivity contribution in [2.75, 3.05) is 13.2 Å². The molecule has 1 heterocycles. The molecule has 0 amide bonds. The lowest BCUT2D eigenvalue weighted by Gasteiger charge is -2.43. The molecular formula is C30H31BrFNO4. The molecule has 7 heteroatoms. The zero-order chi connectivity index (χ0) is 26.1. The summed E-state index contributed by atoms with van der Waals surface area (Å²) < 4.78 is 26.1. The molecule has 0 bridgehead atoms. The topological polar surface area (TPSA) is 55.8 Å². The summed E-state index contributed by atoms with van der Waals surface area (Å²) >= 11 is 3.67. The fraction of sp³-hybridized carbons (Fsp3) is 0.400. The molecule has 5 rings (SSSR count). The SMILES string of the molecule is CCOc1cc(C2C3=C(CCCC3=O)N(CC)C3=C2C(=O)CCC3)cc(Br)c1OCc1ccc(F)cc1. The Morgan fingerprint density at radius 2 is 1.54 bits per heavy atom. The summed E-state index contributed by atoms with van der Waals surface area (Å²) in [5, 5.41) is 0. The number of carbonyl (C=O) groups excluding carboxylic acids is 2. The number of ether oxygens (including phenoxy) is 2. The Morgan fingerprint density at radius 3 is 2.11 bits per heavy atom. The van der Waals surface area contributed by atoms with Crippen LogP contribution in [0.3, 0.4) is 0 Å². The molecule has 3 aliphatic rings. The molecule has 0 atom stereocenters. The van der Waals surface area contributed by atoms with Gasteiger partial charge in [-0.25, -0.2) is 4.39 Å². The van der Waals surface area contributed by atoms with Gasteiger partial charge in [-0.3, -0.25) is 9.59 Å². The summed E-state index contributed by atoms with van der Waals surface area (Å²) in [6.07, 6.45) is 4.36. The predicted molar refractivity (Wildman–Crippen MR) is 143 cm³/mol. The third-order valence-electron chi connectivity index (χ3n) is 7.36. The third-order valence-corrected chi connectivity index (χ3v) is 7.95. The first kappa shape index (κ1) is 25.7. The largest absolute Gasteiger partial charge is 0.490 e. The average molecular weight is 568 g/mol. The van der Waals surface area contributed by atoms with Crippen LogP contribution in [-0.2, 0) is 16.2 Å². The maximum Gasteiger partial charge on any atom is 0.175 e. The van der Waals surface area contributed by atoms with Crippen molar-refractivity contribution in [1.29, 1.82) is 0 Å². The minimum absolute atomic E-state index is 0.125. The third kappa shape index (κ3) is 4.86. The number of halogens is 2. The van der Waals surface area contributed by atoms with Gasteiger partial charge in [-0.05, 0) is 90.9 Å². The van der Waals surface area contributed by atoms with Crippen LogP contribution in [-0.4, -0.2) is 29.6 Å². The van der Waals surface area contributed by atoms with Gasteiger partial charge in [0.25, 0.3) is 0 Å². The highest BCUT2D eigenvalue weighted by Gasteiger charge is 2.43. The summed E-state index contributed by atoms with van der Waals surface area (Å²) in [6.45, 7) is 5.41. The van der Waals surface area contributed by atoms with Crippen molar-refractivity contribution in [3.8, 4) is 11.5 Å². The second-order valence-electron chi connectivity index (χ2n) is 9.63. The van der Waals surface area contributed by atoms with Crippen molar-refractivity contribution in [2.24, 2.45) is 0 Å². The average Bonchev–Trinajstić information content (AvgIpc) is 2.88. The standard InChI is InChI=1S/C30H31BrFNO4/c1-3-33-22-7-5-9-24(34)28(22)27(29-23(33)8-6-10-25(29)35)19-15-21(31)30(26(16-19)36-4-2)37-17-18-11-13-20(32)14-12-18/h11-16,27H,3-10,17H2,1-2H3. The maximum absolute atomic E-state index is 13.4. The molecule has 2 aliphatic carbocycles. The first-order valence-corrected chi connectivity index (χ1v) is 13.9. The van der Waals surface area contributed by atoms with E-state index in [1.54, 1.807) is 12.1 Å². The van der Waals surface area contributed by atoms with Crippen LogP contribution < -0.4 is 9.47 Å². The van der Waals surface area contributed by atoms with Gasteiger partial charge >= 0.3 is 0 Å².